The van der Waals surface area contributed by atoms with Gasteiger partial charge in [-0.2, -0.15) is 13.2 Å². The van der Waals surface area contributed by atoms with Gasteiger partial charge in [0.1, 0.15) is 12.3 Å². The van der Waals surface area contributed by atoms with E-state index < -0.39 is 16.7 Å². The Morgan fingerprint density at radius 2 is 2.24 bits per heavy atom. The predicted octanol–water partition coefficient (Wildman–Crippen LogP) is 3.18. The lowest BCUT2D eigenvalue weighted by Gasteiger charge is -2.22. The zero-order valence-electron chi connectivity index (χ0n) is 12.9. The van der Waals surface area contributed by atoms with E-state index in [1.165, 1.54) is 12.3 Å². The number of nitrogens with zero attached hydrogens (tertiary/aromatic N) is 3. The Morgan fingerprint density at radius 1 is 1.44 bits per heavy atom. The van der Waals surface area contributed by atoms with Crippen molar-refractivity contribution in [3.05, 3.63) is 51.7 Å². The number of fused-ring (bicyclic) bond motifs is 1. The van der Waals surface area contributed by atoms with Gasteiger partial charge < -0.3 is 19.6 Å². The van der Waals surface area contributed by atoms with Crippen molar-refractivity contribution in [2.45, 2.75) is 31.9 Å². The minimum Gasteiger partial charge on any atom is -0.440 e. The van der Waals surface area contributed by atoms with Crippen LogP contribution in [0.3, 0.4) is 0 Å². The van der Waals surface area contributed by atoms with Crippen molar-refractivity contribution in [3.63, 3.8) is 0 Å². The minimum absolute atomic E-state index is 0.0123. The molecule has 0 fully saturated rings. The van der Waals surface area contributed by atoms with Crippen LogP contribution in [0.4, 0.5) is 19.0 Å². The first-order valence-electron chi connectivity index (χ1n) is 7.45. The third-order valence-corrected chi connectivity index (χ3v) is 3.71. The summed E-state index contributed by atoms with van der Waals surface area (Å²) in [6, 6.07) is 5.06. The molecule has 0 amide bonds. The van der Waals surface area contributed by atoms with Gasteiger partial charge in [-0.05, 0) is 22.6 Å². The first kappa shape index (κ1) is 17.2. The molecule has 1 aromatic heterocycles. The van der Waals surface area contributed by atoms with E-state index >= 15 is 0 Å². The number of benzene rings is 1. The van der Waals surface area contributed by atoms with Gasteiger partial charge in [-0.15, -0.1) is 0 Å². The van der Waals surface area contributed by atoms with Crippen LogP contribution in [0.25, 0.3) is 0 Å². The van der Waals surface area contributed by atoms with Gasteiger partial charge in [-0.25, -0.2) is 0 Å². The van der Waals surface area contributed by atoms with Gasteiger partial charge in [0.05, 0.1) is 18.8 Å². The van der Waals surface area contributed by atoms with Gasteiger partial charge in [-0.1, -0.05) is 12.1 Å². The number of ether oxygens (including phenoxy) is 2. The van der Waals surface area contributed by atoms with Gasteiger partial charge in [0, 0.05) is 17.9 Å². The Morgan fingerprint density at radius 3 is 2.96 bits per heavy atom. The van der Waals surface area contributed by atoms with Crippen molar-refractivity contribution < 1.29 is 27.6 Å². The van der Waals surface area contributed by atoms with E-state index in [-0.39, 0.29) is 31.1 Å². The first-order valence-corrected chi connectivity index (χ1v) is 7.45. The van der Waals surface area contributed by atoms with Crippen LogP contribution in [0.5, 0.6) is 6.01 Å². The SMILES string of the molecule is O=[N+]([O-])c1cn2c(n1)O[C@@H](COCc1cccc(C(F)(F)F)c1)CC2. The Bertz CT molecular complexity index is 776. The van der Waals surface area contributed by atoms with Crippen molar-refractivity contribution in [1.29, 1.82) is 0 Å². The predicted molar refractivity (Wildman–Crippen MR) is 79.0 cm³/mol. The van der Waals surface area contributed by atoms with E-state index in [0.29, 0.717) is 18.5 Å². The third kappa shape index (κ3) is 4.08. The average Bonchev–Trinajstić information content (AvgIpc) is 2.98. The molecule has 25 heavy (non-hydrogen) atoms. The van der Waals surface area contributed by atoms with Crippen LogP contribution in [0.15, 0.2) is 30.5 Å². The van der Waals surface area contributed by atoms with Crippen LogP contribution in [0, 0.1) is 10.1 Å². The lowest BCUT2D eigenvalue weighted by atomic mass is 10.1. The molecule has 1 aromatic carbocycles. The summed E-state index contributed by atoms with van der Waals surface area (Å²) in [6.07, 6.45) is -2.90. The van der Waals surface area contributed by atoms with Crippen LogP contribution in [0.2, 0.25) is 0 Å². The second kappa shape index (κ2) is 6.71. The molecule has 0 N–H and O–H groups in total. The van der Waals surface area contributed by atoms with Crippen LogP contribution in [-0.4, -0.2) is 27.2 Å². The first-order chi connectivity index (χ1) is 11.8. The molecule has 3 rings (SSSR count). The normalized spacial score (nSPS) is 17.0. The zero-order chi connectivity index (χ0) is 18.0. The molecule has 0 radical (unpaired) electrons. The van der Waals surface area contributed by atoms with Crippen LogP contribution in [-0.2, 0) is 24.1 Å². The Balaban J connectivity index is 1.54. The van der Waals surface area contributed by atoms with E-state index in [1.54, 1.807) is 10.6 Å². The molecule has 0 aliphatic carbocycles. The molecule has 0 bridgehead atoms. The largest absolute Gasteiger partial charge is 0.440 e. The number of hydrogen-bond donors (Lipinski definition) is 0. The van der Waals surface area contributed by atoms with Gasteiger partial charge >= 0.3 is 18.0 Å². The highest BCUT2D eigenvalue weighted by Gasteiger charge is 2.30. The molecular weight excluding hydrogens is 343 g/mol. The number of rotatable bonds is 5. The molecule has 1 aliphatic rings. The summed E-state index contributed by atoms with van der Waals surface area (Å²) in [7, 11) is 0. The van der Waals surface area contributed by atoms with E-state index in [2.05, 4.69) is 4.98 Å². The van der Waals surface area contributed by atoms with Crippen LogP contribution < -0.4 is 4.74 Å². The quantitative estimate of drug-likeness (QED) is 0.607. The van der Waals surface area contributed by atoms with Gasteiger partial charge in [0.2, 0.25) is 0 Å². The second-order valence-electron chi connectivity index (χ2n) is 5.57. The topological polar surface area (TPSA) is 79.4 Å². The van der Waals surface area contributed by atoms with Crippen molar-refractivity contribution >= 4 is 5.82 Å². The van der Waals surface area contributed by atoms with Gasteiger partial charge in [0.25, 0.3) is 0 Å². The van der Waals surface area contributed by atoms with E-state index in [4.69, 9.17) is 9.47 Å². The standard InChI is InChI=1S/C15H14F3N3O4/c16-15(17,18)11-3-1-2-10(6-11)8-24-9-12-4-5-20-7-13(21(22)23)19-14(20)25-12/h1-3,6-7,12H,4-5,8-9H2/t12-/m1/s1. The fourth-order valence-electron chi connectivity index (χ4n) is 2.48. The molecule has 7 nitrogen and oxygen atoms in total. The fourth-order valence-corrected chi connectivity index (χ4v) is 2.48. The third-order valence-electron chi connectivity index (χ3n) is 3.71. The Labute approximate surface area is 140 Å². The summed E-state index contributed by atoms with van der Waals surface area (Å²) >= 11 is 0. The zero-order valence-corrected chi connectivity index (χ0v) is 12.9. The highest BCUT2D eigenvalue weighted by Crippen LogP contribution is 2.29. The summed E-state index contributed by atoms with van der Waals surface area (Å²) in [5.74, 6) is -0.291. The maximum atomic E-state index is 12.7. The van der Waals surface area contributed by atoms with E-state index in [9.17, 15) is 23.3 Å². The minimum atomic E-state index is -4.39. The molecule has 10 heteroatoms. The van der Waals surface area contributed by atoms with Crippen molar-refractivity contribution in [2.75, 3.05) is 6.61 Å². The molecule has 1 aliphatic heterocycles. The number of aryl methyl sites for hydroxylation is 1. The highest BCUT2D eigenvalue weighted by atomic mass is 19.4. The number of nitro groups is 1. The smallest absolute Gasteiger partial charge is 0.416 e. The van der Waals surface area contributed by atoms with E-state index in [0.717, 1.165) is 12.1 Å². The lowest BCUT2D eigenvalue weighted by Crippen LogP contribution is -2.30. The molecule has 0 saturated heterocycles. The molecular formula is C15H14F3N3O4. The molecule has 0 spiro atoms. The van der Waals surface area contributed by atoms with Gasteiger partial charge in [0.15, 0.2) is 0 Å². The summed E-state index contributed by atoms with van der Waals surface area (Å²) in [4.78, 5) is 13.9. The Kier molecular flexibility index (Phi) is 4.62. The summed E-state index contributed by atoms with van der Waals surface area (Å²) < 4.78 is 50.5. The molecule has 2 heterocycles. The summed E-state index contributed by atoms with van der Waals surface area (Å²) in [5.41, 5.74) is -0.320. The van der Waals surface area contributed by atoms with Crippen molar-refractivity contribution in [1.82, 2.24) is 9.55 Å². The molecule has 134 valence electrons. The van der Waals surface area contributed by atoms with Crippen LogP contribution >= 0.6 is 0 Å². The van der Waals surface area contributed by atoms with Crippen LogP contribution in [0.1, 0.15) is 17.5 Å². The summed E-state index contributed by atoms with van der Waals surface area (Å²) in [5, 5.41) is 10.7. The number of hydrogen-bond acceptors (Lipinski definition) is 5. The number of halogens is 3. The molecule has 0 unspecified atom stereocenters. The average molecular weight is 357 g/mol. The monoisotopic (exact) mass is 357 g/mol. The molecule has 2 aromatic rings. The molecule has 0 saturated carbocycles. The second-order valence-corrected chi connectivity index (χ2v) is 5.57. The van der Waals surface area contributed by atoms with E-state index in [1.807, 2.05) is 0 Å². The van der Waals surface area contributed by atoms with Crippen molar-refractivity contribution in [3.8, 4) is 6.01 Å². The maximum absolute atomic E-state index is 12.7. The summed E-state index contributed by atoms with van der Waals surface area (Å²) in [6.45, 7) is 0.656. The number of alkyl halides is 3. The maximum Gasteiger partial charge on any atom is 0.416 e. The van der Waals surface area contributed by atoms with Crippen molar-refractivity contribution in [2.24, 2.45) is 0 Å². The molecule has 1 atom stereocenters. The highest BCUT2D eigenvalue weighted by molar-refractivity contribution is 5.25. The number of aromatic nitrogens is 2. The number of imidazole rings is 1. The fraction of sp³-hybridized carbons (Fsp3) is 0.400. The Hall–Kier alpha value is -2.62. The van der Waals surface area contributed by atoms with Gasteiger partial charge in [-0.3, -0.25) is 4.57 Å². The lowest BCUT2D eigenvalue weighted by molar-refractivity contribution is -0.389.